The van der Waals surface area contributed by atoms with Crippen molar-refractivity contribution in [3.63, 3.8) is 0 Å². The fourth-order valence-corrected chi connectivity index (χ4v) is 0. The summed E-state index contributed by atoms with van der Waals surface area (Å²) in [6.45, 7) is 0. The Kier molecular flexibility index (Phi) is 958. The summed E-state index contributed by atoms with van der Waals surface area (Å²) in [6.07, 6.45) is 0. The van der Waals surface area contributed by atoms with Crippen LogP contribution in [0.2, 0.25) is 0 Å². The molecule has 0 aromatic heterocycles. The van der Waals surface area contributed by atoms with E-state index in [0.29, 0.717) is 0 Å². The molecule has 0 aromatic carbocycles. The van der Waals surface area contributed by atoms with E-state index in [9.17, 15) is 0 Å². The van der Waals surface area contributed by atoms with Crippen LogP contribution >= 0.6 is 28.1 Å². The molecule has 0 spiro atoms. The third kappa shape index (κ3) is 105. The molecule has 0 saturated heterocycles. The van der Waals surface area contributed by atoms with Gasteiger partial charge in [-0.05, 0) is 0 Å². The molecule has 0 aliphatic carbocycles. The monoisotopic (exact) mass is 340 g/mol. The van der Waals surface area contributed by atoms with Crippen molar-refractivity contribution in [2.75, 3.05) is 0 Å². The number of hydrogen-bond acceptors (Lipinski definition) is 2. The first kappa shape index (κ1) is 70.1. The second-order valence-corrected chi connectivity index (χ2v) is 0. The Bertz CT molecular complexity index is 23.2. The second-order valence-electron chi connectivity index (χ2n) is 0. The summed E-state index contributed by atoms with van der Waals surface area (Å²) in [5.74, 6) is 0. The fourth-order valence-electron chi connectivity index (χ4n) is 0. The zero-order valence-corrected chi connectivity index (χ0v) is 13.1. The van der Waals surface area contributed by atoms with Crippen LogP contribution in [-0.4, -0.2) is 8.86 Å². The topological polar surface area (TPSA) is 40.5 Å². The van der Waals surface area contributed by atoms with Crippen LogP contribution in [0.5, 0.6) is 0 Å². The van der Waals surface area contributed by atoms with Gasteiger partial charge < -0.3 is 33.6 Å². The number of hydrogen-bond donors (Lipinski definition) is 2. The van der Waals surface area contributed by atoms with Gasteiger partial charge in [0.1, 0.15) is 0 Å². The van der Waals surface area contributed by atoms with Crippen molar-refractivity contribution < 1.29 is 97.4 Å². The maximum absolute atomic E-state index is 6.81. The van der Waals surface area contributed by atoms with Crippen molar-refractivity contribution in [3.8, 4) is 0 Å². The van der Waals surface area contributed by atoms with Crippen LogP contribution in [0.15, 0.2) is 0 Å². The molecule has 2 N–H and O–H groups in total. The summed E-state index contributed by atoms with van der Waals surface area (Å²) < 4.78 is 13.3. The second kappa shape index (κ2) is 137. The third-order valence-electron chi connectivity index (χ3n) is 0. The van der Waals surface area contributed by atoms with Gasteiger partial charge in [-0.15, -0.1) is 0 Å². The maximum Gasteiger partial charge on any atom is 1.00 e. The Morgan fingerprint density at radius 3 is 0.900 bits per heavy atom. The van der Waals surface area contributed by atoms with Gasteiger partial charge >= 0.3 is 59.1 Å². The van der Waals surface area contributed by atoms with Gasteiger partial charge in [0.15, 0.2) is 0 Å². The number of rotatable bonds is 0. The maximum atomic E-state index is 6.81. The molecule has 10 heavy (non-hydrogen) atoms. The predicted molar refractivity (Wildman–Crippen MR) is 32.7 cm³/mol. The Morgan fingerprint density at radius 2 is 0.900 bits per heavy atom. The first-order valence-corrected chi connectivity index (χ1v) is 1.39. The Morgan fingerprint density at radius 1 is 0.900 bits per heavy atom. The molecular weight excluding hydrogens is 333 g/mol. The van der Waals surface area contributed by atoms with Crippen LogP contribution in [0.4, 0.5) is 0 Å². The molecule has 0 rings (SSSR count). The Hall–Kier alpha value is 3.46. The van der Waals surface area contributed by atoms with E-state index in [1.807, 2.05) is 16.3 Å². The molecule has 0 aliphatic rings. The number of halogens is 4. The van der Waals surface area contributed by atoms with Crippen molar-refractivity contribution in [3.05, 3.63) is 0 Å². The van der Waals surface area contributed by atoms with Crippen molar-refractivity contribution >= 4 is 28.1 Å². The van der Waals surface area contributed by atoms with Crippen LogP contribution in [0.25, 0.3) is 0 Å². The molecule has 0 saturated carbocycles. The Balaban J connectivity index is -0.000000000833. The SMILES string of the molecule is C.C.OBr.OCl.[Br-].[Cl-].[Na+].[Na+]. The standard InChI is InChI=1S/2CH4.BrHO.BrH.ClHO.ClH.2Na/c;;1-2;;1-2;;;/h2*1H4;2H;1H;2H;1H;;/q;;;;;;2*+1/p-2. The van der Waals surface area contributed by atoms with Gasteiger partial charge in [-0.1, -0.05) is 14.9 Å². The van der Waals surface area contributed by atoms with Gasteiger partial charge in [-0.25, -0.2) is 0 Å². The summed E-state index contributed by atoms with van der Waals surface area (Å²) in [5.41, 5.74) is 0. The van der Waals surface area contributed by atoms with Gasteiger partial charge in [-0.2, -0.15) is 0 Å². The minimum absolute atomic E-state index is 0. The molecule has 0 unspecified atom stereocenters. The van der Waals surface area contributed by atoms with Gasteiger partial charge in [0, 0.05) is 0 Å². The van der Waals surface area contributed by atoms with Crippen LogP contribution < -0.4 is 88.5 Å². The molecule has 0 aromatic rings. The minimum Gasteiger partial charge on any atom is -1.00 e. The average Bonchev–Trinajstić information content (AvgIpc) is 1.50. The molecule has 0 aliphatic heterocycles. The normalized spacial score (nSPS) is 1.20. The van der Waals surface area contributed by atoms with Gasteiger partial charge in [0.2, 0.25) is 0 Å². The van der Waals surface area contributed by atoms with Crippen LogP contribution in [0.1, 0.15) is 14.9 Å². The summed E-state index contributed by atoms with van der Waals surface area (Å²) >= 11 is 5.58. The zero-order valence-electron chi connectivity index (χ0n) is 4.41. The van der Waals surface area contributed by atoms with E-state index < -0.39 is 0 Å². The van der Waals surface area contributed by atoms with Gasteiger partial charge in [-0.3, -0.25) is 4.66 Å². The van der Waals surface area contributed by atoms with Crippen molar-refractivity contribution in [1.82, 2.24) is 0 Å². The van der Waals surface area contributed by atoms with Crippen LogP contribution in [0, 0.1) is 0 Å². The summed E-state index contributed by atoms with van der Waals surface area (Å²) in [6, 6.07) is 0. The van der Waals surface area contributed by atoms with Crippen molar-refractivity contribution in [1.29, 1.82) is 0 Å². The molecule has 0 atom stereocenters. The molecule has 0 bridgehead atoms. The van der Waals surface area contributed by atoms with Crippen LogP contribution in [-0.2, 0) is 0 Å². The Labute approximate surface area is 138 Å². The molecule has 2 nitrogen and oxygen atoms in total. The van der Waals surface area contributed by atoms with E-state index in [4.69, 9.17) is 8.86 Å². The molecular formula is C2H10Br2Cl2Na2O2. The van der Waals surface area contributed by atoms with E-state index in [-0.39, 0.29) is 103 Å². The summed E-state index contributed by atoms with van der Waals surface area (Å²) in [4.78, 5) is 0. The predicted octanol–water partition coefficient (Wildman–Crippen LogP) is -10.3. The summed E-state index contributed by atoms with van der Waals surface area (Å²) in [7, 11) is 0. The zero-order chi connectivity index (χ0) is 4.00. The average molecular weight is 343 g/mol. The largest absolute Gasteiger partial charge is 1.00 e. The smallest absolute Gasteiger partial charge is 1.00 e. The van der Waals surface area contributed by atoms with Gasteiger partial charge in [0.05, 0.1) is 28.1 Å². The van der Waals surface area contributed by atoms with Gasteiger partial charge in [0.25, 0.3) is 0 Å². The van der Waals surface area contributed by atoms with Crippen molar-refractivity contribution in [2.45, 2.75) is 14.9 Å². The van der Waals surface area contributed by atoms with E-state index in [2.05, 4.69) is 11.9 Å². The van der Waals surface area contributed by atoms with E-state index >= 15 is 0 Å². The fraction of sp³-hybridized carbons (Fsp3) is 1.00. The van der Waals surface area contributed by atoms with E-state index in [1.54, 1.807) is 0 Å². The third-order valence-corrected chi connectivity index (χ3v) is 0. The molecule has 8 heteroatoms. The van der Waals surface area contributed by atoms with E-state index in [0.717, 1.165) is 0 Å². The molecule has 0 fully saturated rings. The minimum atomic E-state index is 0. The molecule has 0 radical (unpaired) electrons. The first-order chi connectivity index (χ1) is 2.00. The van der Waals surface area contributed by atoms with Crippen molar-refractivity contribution in [2.24, 2.45) is 0 Å². The molecule has 0 amide bonds. The first-order valence-electron chi connectivity index (χ1n) is 0.338. The molecule has 0 heterocycles. The summed E-state index contributed by atoms with van der Waals surface area (Å²) in [5, 5.41) is 0. The van der Waals surface area contributed by atoms with E-state index in [1.165, 1.54) is 0 Å². The molecule has 60 valence electrons. The van der Waals surface area contributed by atoms with Crippen LogP contribution in [0.3, 0.4) is 0 Å². The quantitative estimate of drug-likeness (QED) is 0.429.